The van der Waals surface area contributed by atoms with Crippen LogP contribution in [0.5, 0.6) is 0 Å². The van der Waals surface area contributed by atoms with Crippen LogP contribution in [0.25, 0.3) is 16.9 Å². The van der Waals surface area contributed by atoms with Crippen molar-refractivity contribution in [1.29, 1.82) is 0 Å². The van der Waals surface area contributed by atoms with Crippen LogP contribution in [0.4, 0.5) is 0 Å². The molecule has 1 atom stereocenters. The zero-order valence-electron chi connectivity index (χ0n) is 14.9. The van der Waals surface area contributed by atoms with Crippen molar-refractivity contribution >= 4 is 9.52 Å². The van der Waals surface area contributed by atoms with E-state index < -0.39 is 0 Å². The quantitative estimate of drug-likeness (QED) is 0.289. The monoisotopic (exact) mass is 546 g/mol. The summed E-state index contributed by atoms with van der Waals surface area (Å²) in [6, 6.07) is 18.2. The van der Waals surface area contributed by atoms with E-state index >= 15 is 0 Å². The average Bonchev–Trinajstić information content (AvgIpc) is 2.87. The Hall–Kier alpha value is 0.0670. The van der Waals surface area contributed by atoms with Gasteiger partial charge in [-0.05, 0) is 6.42 Å². The van der Waals surface area contributed by atoms with Crippen LogP contribution in [0.1, 0.15) is 31.4 Å². The number of halogens is 2. The molecule has 1 aliphatic rings. The first kappa shape index (κ1) is 28.9. The molecule has 0 heterocycles. The zero-order valence-corrected chi connectivity index (χ0v) is 21.1. The summed E-state index contributed by atoms with van der Waals surface area (Å²) in [5.74, 6) is 0. The van der Waals surface area contributed by atoms with E-state index in [9.17, 15) is 0 Å². The SMILES string of the molecule is CCC(C)[NH-].C[SiH]C.[Cl-].[Cl-].[Hf+4].[c-]1cccc2c1Cc1ccccc1-2. The van der Waals surface area contributed by atoms with Gasteiger partial charge in [-0.1, -0.05) is 68.8 Å². The summed E-state index contributed by atoms with van der Waals surface area (Å²) in [6.45, 7) is 8.32. The molecule has 5 heteroatoms. The van der Waals surface area contributed by atoms with Crippen molar-refractivity contribution in [1.82, 2.24) is 0 Å². The van der Waals surface area contributed by atoms with Gasteiger partial charge in [0.25, 0.3) is 0 Å². The Labute approximate surface area is 181 Å². The largest absolute Gasteiger partial charge is 4.00 e. The van der Waals surface area contributed by atoms with Gasteiger partial charge >= 0.3 is 25.8 Å². The summed E-state index contributed by atoms with van der Waals surface area (Å²) < 4.78 is 0. The molecule has 0 aliphatic heterocycles. The molecule has 1 N–H and O–H groups in total. The maximum absolute atomic E-state index is 6.83. The summed E-state index contributed by atoms with van der Waals surface area (Å²) in [4.78, 5) is 0. The van der Waals surface area contributed by atoms with E-state index in [2.05, 4.69) is 55.6 Å². The molecule has 129 valence electrons. The molecule has 24 heavy (non-hydrogen) atoms. The Balaban J connectivity index is -0.000000351. The van der Waals surface area contributed by atoms with Gasteiger partial charge in [0.2, 0.25) is 0 Å². The van der Waals surface area contributed by atoms with Crippen LogP contribution in [0.2, 0.25) is 13.1 Å². The van der Waals surface area contributed by atoms with Crippen molar-refractivity contribution in [2.45, 2.75) is 45.8 Å². The van der Waals surface area contributed by atoms with Gasteiger partial charge in [0.15, 0.2) is 0 Å². The first-order valence-electron chi connectivity index (χ1n) is 7.66. The molecule has 0 saturated heterocycles. The third kappa shape index (κ3) is 9.52. The van der Waals surface area contributed by atoms with Crippen LogP contribution >= 0.6 is 0 Å². The van der Waals surface area contributed by atoms with E-state index in [1.165, 1.54) is 22.3 Å². The van der Waals surface area contributed by atoms with Crippen molar-refractivity contribution in [3.63, 3.8) is 0 Å². The second-order valence-corrected chi connectivity index (χ2v) is 6.44. The third-order valence-corrected chi connectivity index (χ3v) is 3.23. The van der Waals surface area contributed by atoms with Gasteiger partial charge < -0.3 is 30.5 Å². The summed E-state index contributed by atoms with van der Waals surface area (Å²) in [5, 5.41) is 0. The van der Waals surface area contributed by atoms with Crippen LogP contribution in [-0.4, -0.2) is 15.6 Å². The Morgan fingerprint density at radius 2 is 1.58 bits per heavy atom. The smallest absolute Gasteiger partial charge is 1.00 e. The van der Waals surface area contributed by atoms with Crippen LogP contribution in [0.3, 0.4) is 0 Å². The molecule has 2 aromatic rings. The van der Waals surface area contributed by atoms with Crippen LogP contribution < -0.4 is 24.8 Å². The zero-order chi connectivity index (χ0) is 15.7. The molecule has 1 aliphatic carbocycles. The number of fused-ring (bicyclic) bond motifs is 3. The summed E-state index contributed by atoms with van der Waals surface area (Å²) in [6.07, 6.45) is 2.02. The minimum Gasteiger partial charge on any atom is -1.00 e. The predicted octanol–water partition coefficient (Wildman–Crippen LogP) is -0.580. The minimum absolute atomic E-state index is 0. The average molecular weight is 546 g/mol. The van der Waals surface area contributed by atoms with Crippen molar-refractivity contribution < 1.29 is 50.7 Å². The van der Waals surface area contributed by atoms with E-state index in [0.717, 1.165) is 22.4 Å². The molecule has 1 unspecified atom stereocenters. The van der Waals surface area contributed by atoms with E-state index in [0.29, 0.717) is 0 Å². The number of hydrogen-bond donors (Lipinski definition) is 0. The summed E-state index contributed by atoms with van der Waals surface area (Å²) >= 11 is 0. The fourth-order valence-electron chi connectivity index (χ4n) is 2.00. The van der Waals surface area contributed by atoms with Crippen LogP contribution in [-0.2, 0) is 32.3 Å². The van der Waals surface area contributed by atoms with Gasteiger partial charge in [0.1, 0.15) is 0 Å². The Morgan fingerprint density at radius 1 is 1.08 bits per heavy atom. The van der Waals surface area contributed by atoms with E-state index in [-0.39, 0.29) is 56.7 Å². The number of nitrogens with one attached hydrogen (secondary N) is 1. The van der Waals surface area contributed by atoms with Crippen molar-refractivity contribution in [2.24, 2.45) is 0 Å². The molecule has 0 spiro atoms. The standard InChI is InChI=1S/C13H9.C4H10N.C2H7Si.2ClH.Hf/c1-3-7-12-10(5-1)9-11-6-2-4-8-13(11)12;1-3-4(2)5;1-3-2;;;/h1-5,7-8H,9H2;4-5H,3H2,1-2H3;3H,1-2H3;2*1H;/q2*-1;;;;+4/p-2. The Bertz CT molecular complexity index is 507. The molecular weight excluding hydrogens is 520 g/mol. The molecule has 0 fully saturated rings. The van der Waals surface area contributed by atoms with Crippen LogP contribution in [0.15, 0.2) is 42.5 Å². The van der Waals surface area contributed by atoms with Gasteiger partial charge in [-0.3, -0.25) is 0 Å². The van der Waals surface area contributed by atoms with E-state index in [4.69, 9.17) is 5.73 Å². The van der Waals surface area contributed by atoms with Gasteiger partial charge in [0.05, 0.1) is 0 Å². The molecule has 3 rings (SSSR count). The van der Waals surface area contributed by atoms with E-state index in [1.54, 1.807) is 0 Å². The number of hydrogen-bond acceptors (Lipinski definition) is 0. The molecule has 1 nitrogen and oxygen atoms in total. The Morgan fingerprint density at radius 3 is 2.12 bits per heavy atom. The fourth-order valence-corrected chi connectivity index (χ4v) is 2.00. The second kappa shape index (κ2) is 16.5. The van der Waals surface area contributed by atoms with E-state index in [1.807, 2.05) is 19.9 Å². The Kier molecular flexibility index (Phi) is 19.9. The summed E-state index contributed by atoms with van der Waals surface area (Å²) in [5.41, 5.74) is 12.3. The van der Waals surface area contributed by atoms with Crippen molar-refractivity contribution in [3.8, 4) is 11.1 Å². The fraction of sp³-hybridized carbons (Fsp3) is 0.368. The van der Waals surface area contributed by atoms with Crippen molar-refractivity contribution in [2.75, 3.05) is 0 Å². The third-order valence-electron chi connectivity index (χ3n) is 3.23. The van der Waals surface area contributed by atoms with Gasteiger partial charge in [-0.25, -0.2) is 0 Å². The molecule has 0 amide bonds. The maximum Gasteiger partial charge on any atom is 4.00 e. The van der Waals surface area contributed by atoms with Crippen LogP contribution in [0, 0.1) is 6.07 Å². The molecule has 0 bridgehead atoms. The number of rotatable bonds is 1. The van der Waals surface area contributed by atoms with Crippen molar-refractivity contribution in [3.05, 3.63) is 65.4 Å². The van der Waals surface area contributed by atoms with Gasteiger partial charge in [-0.15, -0.1) is 11.6 Å². The topological polar surface area (TPSA) is 23.8 Å². The molecule has 1 radical (unpaired) electrons. The molecular formula is C19H26Cl2HfNSi. The van der Waals surface area contributed by atoms with Gasteiger partial charge in [0, 0.05) is 9.52 Å². The second-order valence-electron chi connectivity index (χ2n) is 5.28. The van der Waals surface area contributed by atoms with Gasteiger partial charge in [-0.2, -0.15) is 29.8 Å². The molecule has 2 aromatic carbocycles. The predicted molar refractivity (Wildman–Crippen MR) is 96.5 cm³/mol. The summed E-state index contributed by atoms with van der Waals surface area (Å²) in [7, 11) is 0.750. The first-order chi connectivity index (χ1) is 10.1. The number of benzene rings is 2. The first-order valence-corrected chi connectivity index (χ1v) is 9.97. The molecule has 0 aromatic heterocycles. The maximum atomic E-state index is 6.83. The normalized spacial score (nSPS) is 10.5. The molecule has 0 saturated carbocycles. The minimum atomic E-state index is 0.